The molecule has 0 aliphatic rings. The van der Waals surface area contributed by atoms with E-state index in [1.165, 1.54) is 24.3 Å². The van der Waals surface area contributed by atoms with Gasteiger partial charge in [-0.15, -0.1) is 0 Å². The van der Waals surface area contributed by atoms with Gasteiger partial charge in [-0.3, -0.25) is 9.52 Å². The van der Waals surface area contributed by atoms with Gasteiger partial charge in [0.25, 0.3) is 0 Å². The monoisotopic (exact) mass is 609 g/mol. The minimum absolute atomic E-state index is 0.0151. The van der Waals surface area contributed by atoms with Crippen LogP contribution in [0.4, 0.5) is 5.69 Å². The molecule has 3 rings (SSSR count). The summed E-state index contributed by atoms with van der Waals surface area (Å²) in [5.41, 5.74) is 7.88. The fourth-order valence-electron chi connectivity index (χ4n) is 4.37. The van der Waals surface area contributed by atoms with E-state index in [0.29, 0.717) is 23.1 Å². The quantitative estimate of drug-likeness (QED) is 0.167. The zero-order valence-corrected chi connectivity index (χ0v) is 24.6. The summed E-state index contributed by atoms with van der Waals surface area (Å²) in [6, 6.07) is 14.7. The Morgan fingerprint density at radius 1 is 1.00 bits per heavy atom. The summed E-state index contributed by atoms with van der Waals surface area (Å²) in [7, 11) is -3.61. The van der Waals surface area contributed by atoms with Gasteiger partial charge < -0.3 is 26.4 Å². The number of carbonyl (C=O) groups excluding carboxylic acids is 1. The fourth-order valence-corrected chi connectivity index (χ4v) is 5.35. The third-order valence-electron chi connectivity index (χ3n) is 6.38. The molecule has 0 aliphatic heterocycles. The second-order valence-electron chi connectivity index (χ2n) is 10.4. The van der Waals surface area contributed by atoms with Gasteiger partial charge in [-0.2, -0.15) is 0 Å². The van der Waals surface area contributed by atoms with Crippen LogP contribution >= 0.6 is 23.2 Å². The number of nitrogens with one attached hydrogen (secondary N) is 2. The van der Waals surface area contributed by atoms with Crippen LogP contribution in [-0.4, -0.2) is 48.0 Å². The van der Waals surface area contributed by atoms with Crippen LogP contribution in [0.1, 0.15) is 48.1 Å². The van der Waals surface area contributed by atoms with Crippen LogP contribution in [0, 0.1) is 0 Å². The summed E-state index contributed by atoms with van der Waals surface area (Å²) in [5.74, 6) is -1.61. The normalized spacial score (nSPS) is 13.6. The van der Waals surface area contributed by atoms with Crippen molar-refractivity contribution >= 4 is 44.8 Å². The van der Waals surface area contributed by atoms with E-state index in [9.17, 15) is 28.5 Å². The molecule has 3 aromatic carbocycles. The Kier molecular flexibility index (Phi) is 9.97. The van der Waals surface area contributed by atoms with Crippen molar-refractivity contribution in [2.75, 3.05) is 17.5 Å². The summed E-state index contributed by atoms with van der Waals surface area (Å²) in [4.78, 5) is 12.4. The molecule has 1 amide bonds. The molecule has 0 saturated carbocycles. The maximum atomic E-state index is 12.4. The van der Waals surface area contributed by atoms with Crippen LogP contribution in [0.3, 0.4) is 0 Å². The second-order valence-corrected chi connectivity index (χ2v) is 12.9. The standard InChI is InChI=1S/C28H33Cl2N3O6S/c1-28(2,32-15-24(36)18-7-9-22(34)21(13-18)33-40(3,38)39)14-16-5-4-6-17(11-16)20(27(31)37)12-19-8-10-23(35)26(30)25(19)29/h4-11,13,20,24,32-36H,12,14-15H2,1-3H3,(H2,31,37)/t20?,24-/m0/s1. The first kappa shape index (κ1) is 31.5. The molecule has 12 heteroatoms. The molecule has 2 atom stereocenters. The number of sulfonamides is 1. The highest BCUT2D eigenvalue weighted by molar-refractivity contribution is 7.92. The smallest absolute Gasteiger partial charge is 0.229 e. The Hall–Kier alpha value is -3.02. The molecule has 1 unspecified atom stereocenters. The van der Waals surface area contributed by atoms with Crippen molar-refractivity contribution in [3.63, 3.8) is 0 Å². The van der Waals surface area contributed by atoms with Gasteiger partial charge >= 0.3 is 0 Å². The Labute approximate surface area is 244 Å². The number of benzene rings is 3. The first-order valence-electron chi connectivity index (χ1n) is 12.3. The van der Waals surface area contributed by atoms with Crippen molar-refractivity contribution < 1.29 is 28.5 Å². The molecular weight excluding hydrogens is 577 g/mol. The summed E-state index contributed by atoms with van der Waals surface area (Å²) < 4.78 is 25.3. The minimum atomic E-state index is -3.61. The maximum Gasteiger partial charge on any atom is 0.229 e. The van der Waals surface area contributed by atoms with Crippen molar-refractivity contribution in [3.8, 4) is 11.5 Å². The predicted molar refractivity (Wildman–Crippen MR) is 158 cm³/mol. The van der Waals surface area contributed by atoms with Crippen molar-refractivity contribution in [2.45, 2.75) is 44.2 Å². The van der Waals surface area contributed by atoms with Crippen molar-refractivity contribution in [1.82, 2.24) is 5.32 Å². The first-order chi connectivity index (χ1) is 18.6. The lowest BCUT2D eigenvalue weighted by Crippen LogP contribution is -2.43. The number of β-amino-alcohol motifs (C(OH)–C–C–N with tert-alkyl or cyclic N) is 1. The van der Waals surface area contributed by atoms with Crippen LogP contribution in [0.15, 0.2) is 54.6 Å². The highest BCUT2D eigenvalue weighted by Crippen LogP contribution is 2.36. The number of rotatable bonds is 12. The van der Waals surface area contributed by atoms with Gasteiger partial charge in [0.15, 0.2) is 0 Å². The lowest BCUT2D eigenvalue weighted by molar-refractivity contribution is -0.119. The molecule has 0 aliphatic carbocycles. The Morgan fingerprint density at radius 2 is 1.68 bits per heavy atom. The van der Waals surface area contributed by atoms with Gasteiger partial charge in [0.05, 0.1) is 29.0 Å². The number of aliphatic hydroxyl groups excluding tert-OH is 1. The van der Waals surface area contributed by atoms with E-state index in [1.54, 1.807) is 6.07 Å². The zero-order chi connectivity index (χ0) is 29.8. The molecule has 0 heterocycles. The molecule has 0 spiro atoms. The number of halogens is 2. The predicted octanol–water partition coefficient (Wildman–Crippen LogP) is 4.23. The number of phenolic OH excluding ortho intramolecular Hbond substituents is 2. The molecule has 0 saturated heterocycles. The van der Waals surface area contributed by atoms with E-state index in [0.717, 1.165) is 11.8 Å². The number of nitrogens with two attached hydrogens (primary N) is 1. The van der Waals surface area contributed by atoms with E-state index in [1.807, 2.05) is 38.1 Å². The van der Waals surface area contributed by atoms with Crippen LogP contribution in [-0.2, 0) is 27.7 Å². The van der Waals surface area contributed by atoms with Gasteiger partial charge in [-0.25, -0.2) is 8.42 Å². The number of hydrogen-bond donors (Lipinski definition) is 6. The summed E-state index contributed by atoms with van der Waals surface area (Å²) in [6.07, 6.45) is 0.737. The summed E-state index contributed by atoms with van der Waals surface area (Å²) >= 11 is 12.3. The van der Waals surface area contributed by atoms with Crippen molar-refractivity contribution in [1.29, 1.82) is 0 Å². The molecule has 216 valence electrons. The Morgan fingerprint density at radius 3 is 2.33 bits per heavy atom. The number of primary amides is 1. The van der Waals surface area contributed by atoms with E-state index in [-0.39, 0.29) is 40.2 Å². The van der Waals surface area contributed by atoms with Crippen LogP contribution in [0.5, 0.6) is 11.5 Å². The topological polar surface area (TPSA) is 162 Å². The minimum Gasteiger partial charge on any atom is -0.506 e. The number of carbonyl (C=O) groups is 1. The highest BCUT2D eigenvalue weighted by atomic mass is 35.5. The molecule has 9 nitrogen and oxygen atoms in total. The Bertz CT molecular complexity index is 1500. The number of phenols is 2. The fraction of sp³-hybridized carbons (Fsp3) is 0.321. The number of hydrogen-bond acceptors (Lipinski definition) is 7. The van der Waals surface area contributed by atoms with E-state index in [4.69, 9.17) is 28.9 Å². The van der Waals surface area contributed by atoms with Crippen LogP contribution in [0.25, 0.3) is 0 Å². The SMILES string of the molecule is CC(C)(Cc1cccc(C(Cc2ccc(O)c(Cl)c2Cl)C(N)=O)c1)NC[C@H](O)c1ccc(O)c(NS(C)(=O)=O)c1. The van der Waals surface area contributed by atoms with E-state index < -0.39 is 33.5 Å². The first-order valence-corrected chi connectivity index (χ1v) is 15.0. The number of aliphatic hydroxyl groups is 1. The summed E-state index contributed by atoms with van der Waals surface area (Å²) in [5, 5.41) is 33.9. The van der Waals surface area contributed by atoms with Gasteiger partial charge in [0.1, 0.15) is 16.5 Å². The third kappa shape index (κ3) is 8.49. The number of anilines is 1. The van der Waals surface area contributed by atoms with Crippen molar-refractivity contribution in [2.24, 2.45) is 5.73 Å². The van der Waals surface area contributed by atoms with Crippen LogP contribution < -0.4 is 15.8 Å². The van der Waals surface area contributed by atoms with Gasteiger partial charge in [-0.05, 0) is 67.1 Å². The third-order valence-corrected chi connectivity index (χ3v) is 7.89. The molecule has 7 N–H and O–H groups in total. The molecule has 0 aromatic heterocycles. The average Bonchev–Trinajstić information content (AvgIpc) is 2.85. The largest absolute Gasteiger partial charge is 0.506 e. The van der Waals surface area contributed by atoms with E-state index in [2.05, 4.69) is 10.0 Å². The number of amides is 1. The molecule has 0 fully saturated rings. The molecular formula is C28H33Cl2N3O6S. The lowest BCUT2D eigenvalue weighted by Gasteiger charge is -2.29. The number of aromatic hydroxyl groups is 2. The molecule has 3 aromatic rings. The van der Waals surface area contributed by atoms with Crippen molar-refractivity contribution in [3.05, 3.63) is 86.9 Å². The maximum absolute atomic E-state index is 12.4. The zero-order valence-electron chi connectivity index (χ0n) is 22.3. The van der Waals surface area contributed by atoms with E-state index >= 15 is 0 Å². The molecule has 0 radical (unpaired) electrons. The van der Waals surface area contributed by atoms with Gasteiger partial charge in [0, 0.05) is 12.1 Å². The Balaban J connectivity index is 1.72. The highest BCUT2D eigenvalue weighted by Gasteiger charge is 2.24. The van der Waals surface area contributed by atoms with Crippen LogP contribution in [0.2, 0.25) is 10.0 Å². The lowest BCUT2D eigenvalue weighted by atomic mass is 9.87. The second kappa shape index (κ2) is 12.7. The average molecular weight is 611 g/mol. The molecule has 0 bridgehead atoms. The van der Waals surface area contributed by atoms with Gasteiger partial charge in [-0.1, -0.05) is 59.6 Å². The summed E-state index contributed by atoms with van der Waals surface area (Å²) in [6.45, 7) is 4.08. The van der Waals surface area contributed by atoms with Gasteiger partial charge in [0.2, 0.25) is 15.9 Å². The molecule has 40 heavy (non-hydrogen) atoms.